The van der Waals surface area contributed by atoms with Crippen molar-refractivity contribution in [2.45, 2.75) is 18.8 Å². The van der Waals surface area contributed by atoms with E-state index in [-0.39, 0.29) is 0 Å². The highest BCUT2D eigenvalue weighted by molar-refractivity contribution is 5.80. The fourth-order valence-electron chi connectivity index (χ4n) is 0.598. The summed E-state index contributed by atoms with van der Waals surface area (Å²) in [6, 6.07) is 0. The summed E-state index contributed by atoms with van der Waals surface area (Å²) < 4.78 is 70.0. The highest BCUT2D eigenvalue weighted by atomic mass is 19.4. The molecule has 8 heteroatoms. The van der Waals surface area contributed by atoms with Crippen molar-refractivity contribution >= 4 is 5.97 Å². The average molecular weight is 222 g/mol. The third-order valence-electron chi connectivity index (χ3n) is 1.05. The SMILES string of the molecule is O=C(O)/C=C(\CC(F)(F)F)C(F)(F)F. The van der Waals surface area contributed by atoms with Crippen LogP contribution in [-0.2, 0) is 4.79 Å². The molecule has 0 aliphatic heterocycles. The molecule has 0 aromatic carbocycles. The van der Waals surface area contributed by atoms with Gasteiger partial charge in [-0.2, -0.15) is 26.3 Å². The van der Waals surface area contributed by atoms with Crippen LogP contribution in [0, 0.1) is 0 Å². The van der Waals surface area contributed by atoms with Crippen molar-refractivity contribution in [3.05, 3.63) is 11.6 Å². The molecule has 0 aliphatic rings. The second-order valence-corrected chi connectivity index (χ2v) is 2.30. The van der Waals surface area contributed by atoms with Crippen LogP contribution in [0.25, 0.3) is 0 Å². The molecule has 0 fully saturated rings. The van der Waals surface area contributed by atoms with Crippen molar-refractivity contribution < 1.29 is 36.2 Å². The molecule has 82 valence electrons. The van der Waals surface area contributed by atoms with E-state index in [1.807, 2.05) is 0 Å². The first kappa shape index (κ1) is 12.8. The Morgan fingerprint density at radius 2 is 1.57 bits per heavy atom. The van der Waals surface area contributed by atoms with Crippen LogP contribution in [0.4, 0.5) is 26.3 Å². The fraction of sp³-hybridized carbons (Fsp3) is 0.500. The summed E-state index contributed by atoms with van der Waals surface area (Å²) >= 11 is 0. The zero-order chi connectivity index (χ0) is 11.6. The van der Waals surface area contributed by atoms with Crippen molar-refractivity contribution in [3.63, 3.8) is 0 Å². The largest absolute Gasteiger partial charge is 0.478 e. The Labute approximate surface area is 73.8 Å². The van der Waals surface area contributed by atoms with Crippen molar-refractivity contribution in [1.82, 2.24) is 0 Å². The summed E-state index contributed by atoms with van der Waals surface area (Å²) in [5.41, 5.74) is -2.13. The van der Waals surface area contributed by atoms with E-state index in [1.54, 1.807) is 0 Å². The van der Waals surface area contributed by atoms with Crippen molar-refractivity contribution in [2.24, 2.45) is 0 Å². The number of carbonyl (C=O) groups is 1. The first-order chi connectivity index (χ1) is 6.02. The van der Waals surface area contributed by atoms with Gasteiger partial charge in [0.2, 0.25) is 0 Å². The van der Waals surface area contributed by atoms with Crippen molar-refractivity contribution in [1.29, 1.82) is 0 Å². The van der Waals surface area contributed by atoms with Crippen LogP contribution >= 0.6 is 0 Å². The Morgan fingerprint density at radius 1 is 1.14 bits per heavy atom. The van der Waals surface area contributed by atoms with Crippen LogP contribution in [0.5, 0.6) is 0 Å². The molecule has 0 saturated carbocycles. The molecule has 14 heavy (non-hydrogen) atoms. The number of rotatable bonds is 2. The molecule has 0 bridgehead atoms. The Kier molecular flexibility index (Phi) is 3.55. The topological polar surface area (TPSA) is 37.3 Å². The predicted molar refractivity (Wildman–Crippen MR) is 32.4 cm³/mol. The molecule has 0 saturated heterocycles. The Balaban J connectivity index is 4.86. The van der Waals surface area contributed by atoms with Gasteiger partial charge in [0.15, 0.2) is 0 Å². The summed E-state index contributed by atoms with van der Waals surface area (Å²) in [4.78, 5) is 9.80. The quantitative estimate of drug-likeness (QED) is 0.575. The lowest BCUT2D eigenvalue weighted by Crippen LogP contribution is -2.20. The minimum Gasteiger partial charge on any atom is -0.478 e. The Bertz CT molecular complexity index is 248. The smallest absolute Gasteiger partial charge is 0.413 e. The zero-order valence-corrected chi connectivity index (χ0v) is 6.41. The maximum Gasteiger partial charge on any atom is 0.413 e. The van der Waals surface area contributed by atoms with E-state index in [1.165, 1.54) is 0 Å². The number of allylic oxidation sites excluding steroid dienone is 1. The number of halogens is 6. The molecule has 0 unspecified atom stereocenters. The number of aliphatic carboxylic acids is 1. The zero-order valence-electron chi connectivity index (χ0n) is 6.41. The first-order valence-corrected chi connectivity index (χ1v) is 3.10. The van der Waals surface area contributed by atoms with Gasteiger partial charge in [-0.05, 0) is 0 Å². The van der Waals surface area contributed by atoms with Gasteiger partial charge in [0.05, 0.1) is 6.42 Å². The van der Waals surface area contributed by atoms with E-state index in [2.05, 4.69) is 0 Å². The summed E-state index contributed by atoms with van der Waals surface area (Å²) in [7, 11) is 0. The van der Waals surface area contributed by atoms with E-state index >= 15 is 0 Å². The fourth-order valence-corrected chi connectivity index (χ4v) is 0.598. The highest BCUT2D eigenvalue weighted by Gasteiger charge is 2.41. The third-order valence-corrected chi connectivity index (χ3v) is 1.05. The molecule has 1 N–H and O–H groups in total. The van der Waals surface area contributed by atoms with Crippen LogP contribution < -0.4 is 0 Å². The van der Waals surface area contributed by atoms with Crippen molar-refractivity contribution in [2.75, 3.05) is 0 Å². The molecule has 2 nitrogen and oxygen atoms in total. The maximum absolute atomic E-state index is 11.8. The molecule has 0 aromatic heterocycles. The molecule has 0 spiro atoms. The molecule has 0 heterocycles. The highest BCUT2D eigenvalue weighted by Crippen LogP contribution is 2.34. The van der Waals surface area contributed by atoms with Gasteiger partial charge in [-0.25, -0.2) is 4.79 Å². The van der Waals surface area contributed by atoms with Gasteiger partial charge < -0.3 is 5.11 Å². The van der Waals surface area contributed by atoms with E-state index in [4.69, 9.17) is 5.11 Å². The van der Waals surface area contributed by atoms with Gasteiger partial charge in [-0.15, -0.1) is 0 Å². The van der Waals surface area contributed by atoms with Crippen molar-refractivity contribution in [3.8, 4) is 0 Å². The lowest BCUT2D eigenvalue weighted by Gasteiger charge is -2.12. The van der Waals surface area contributed by atoms with Gasteiger partial charge in [0, 0.05) is 11.6 Å². The Morgan fingerprint density at radius 3 is 1.79 bits per heavy atom. The molecule has 0 radical (unpaired) electrons. The summed E-state index contributed by atoms with van der Waals surface area (Å²) in [6.07, 6.45) is -13.2. The monoisotopic (exact) mass is 222 g/mol. The van der Waals surface area contributed by atoms with Gasteiger partial charge >= 0.3 is 18.3 Å². The van der Waals surface area contributed by atoms with E-state index < -0.39 is 36.4 Å². The van der Waals surface area contributed by atoms with Crippen LogP contribution in [0.3, 0.4) is 0 Å². The van der Waals surface area contributed by atoms with Crippen LogP contribution in [0.1, 0.15) is 6.42 Å². The third kappa shape index (κ3) is 5.44. The molecule has 0 rings (SSSR count). The van der Waals surface area contributed by atoms with Crippen LogP contribution in [0.2, 0.25) is 0 Å². The number of hydrogen-bond donors (Lipinski definition) is 1. The van der Waals surface area contributed by atoms with E-state index in [0.717, 1.165) is 0 Å². The summed E-state index contributed by atoms with van der Waals surface area (Å²) in [5.74, 6) is -2.07. The Hall–Kier alpha value is -1.21. The molecule has 0 aliphatic carbocycles. The number of hydrogen-bond acceptors (Lipinski definition) is 1. The molecule has 0 amide bonds. The van der Waals surface area contributed by atoms with Gasteiger partial charge in [0.1, 0.15) is 0 Å². The van der Waals surface area contributed by atoms with Crippen LogP contribution in [0.15, 0.2) is 11.6 Å². The standard InChI is InChI=1S/C6H4F6O2/c7-5(8,9)2-3(1-4(13)14)6(10,11)12/h1H,2H2,(H,13,14)/b3-1+. The number of carboxylic acid groups (broad SMARTS) is 1. The van der Waals surface area contributed by atoms with Gasteiger partial charge in [-0.3, -0.25) is 0 Å². The maximum atomic E-state index is 11.8. The van der Waals surface area contributed by atoms with E-state index in [9.17, 15) is 31.1 Å². The van der Waals surface area contributed by atoms with Crippen LogP contribution in [-0.4, -0.2) is 23.4 Å². The molecular weight excluding hydrogens is 218 g/mol. The average Bonchev–Trinajstić information content (AvgIpc) is 1.78. The second kappa shape index (κ2) is 3.89. The normalized spacial score (nSPS) is 14.3. The molecular formula is C6H4F6O2. The van der Waals surface area contributed by atoms with Gasteiger partial charge in [0.25, 0.3) is 0 Å². The molecule has 0 atom stereocenters. The van der Waals surface area contributed by atoms with Gasteiger partial charge in [-0.1, -0.05) is 0 Å². The lowest BCUT2D eigenvalue weighted by molar-refractivity contribution is -0.152. The minimum absolute atomic E-state index is 0.493. The number of alkyl halides is 6. The minimum atomic E-state index is -5.28. The molecule has 0 aromatic rings. The predicted octanol–water partition coefficient (Wildman–Crippen LogP) is 2.51. The summed E-state index contributed by atoms with van der Waals surface area (Å²) in [6.45, 7) is 0. The summed E-state index contributed by atoms with van der Waals surface area (Å²) in [5, 5.41) is 7.90. The second-order valence-electron chi connectivity index (χ2n) is 2.30. The number of carboxylic acids is 1. The first-order valence-electron chi connectivity index (χ1n) is 3.10. The lowest BCUT2D eigenvalue weighted by atomic mass is 10.1. The van der Waals surface area contributed by atoms with E-state index in [0.29, 0.717) is 0 Å².